The number of carbonyl (C=O) groups is 1. The number of aromatic nitrogens is 2. The van der Waals surface area contributed by atoms with Gasteiger partial charge in [0.2, 0.25) is 5.91 Å². The molecule has 1 amide bonds. The summed E-state index contributed by atoms with van der Waals surface area (Å²) in [5.74, 6) is 0.0294. The van der Waals surface area contributed by atoms with Crippen molar-refractivity contribution in [3.05, 3.63) is 53.9 Å². The minimum Gasteiger partial charge on any atom is -0.347 e. The van der Waals surface area contributed by atoms with Crippen LogP contribution in [0.3, 0.4) is 0 Å². The zero-order valence-electron chi connectivity index (χ0n) is 13.1. The van der Waals surface area contributed by atoms with Gasteiger partial charge in [-0.05, 0) is 31.9 Å². The molecule has 4 heteroatoms. The van der Waals surface area contributed by atoms with Crippen LogP contribution in [0.25, 0.3) is 0 Å². The number of amides is 1. The lowest BCUT2D eigenvalue weighted by atomic mass is 9.83. The molecule has 112 valence electrons. The number of nitrogens with zero attached hydrogens (tertiary/aromatic N) is 2. The molecule has 0 aliphatic rings. The van der Waals surface area contributed by atoms with Gasteiger partial charge in [-0.25, -0.2) is 0 Å². The van der Waals surface area contributed by atoms with Gasteiger partial charge >= 0.3 is 0 Å². The SMILES string of the molecule is CC[C@H](NC(=O)C(C)(C)c1ccccc1)c1ccnn1C. The maximum absolute atomic E-state index is 12.7. The number of hydrogen-bond donors (Lipinski definition) is 1. The number of rotatable bonds is 5. The lowest BCUT2D eigenvalue weighted by molar-refractivity contribution is -0.126. The average Bonchev–Trinajstić information content (AvgIpc) is 2.91. The highest BCUT2D eigenvalue weighted by Crippen LogP contribution is 2.25. The fourth-order valence-corrected chi connectivity index (χ4v) is 2.44. The Morgan fingerprint density at radius 1 is 1.29 bits per heavy atom. The minimum atomic E-state index is -0.562. The van der Waals surface area contributed by atoms with Crippen molar-refractivity contribution in [1.29, 1.82) is 0 Å². The molecule has 0 aliphatic carbocycles. The first-order chi connectivity index (χ1) is 9.96. The van der Waals surface area contributed by atoms with Crippen LogP contribution < -0.4 is 5.32 Å². The molecule has 1 aromatic heterocycles. The van der Waals surface area contributed by atoms with Crippen LogP contribution >= 0.6 is 0 Å². The maximum Gasteiger partial charge on any atom is 0.230 e. The molecule has 0 fully saturated rings. The summed E-state index contributed by atoms with van der Waals surface area (Å²) in [4.78, 5) is 12.7. The number of nitrogens with one attached hydrogen (secondary N) is 1. The summed E-state index contributed by atoms with van der Waals surface area (Å²) in [6, 6.07) is 11.8. The van der Waals surface area contributed by atoms with Gasteiger partial charge in [-0.15, -0.1) is 0 Å². The van der Waals surface area contributed by atoms with Crippen LogP contribution in [-0.4, -0.2) is 15.7 Å². The van der Waals surface area contributed by atoms with E-state index >= 15 is 0 Å². The molecule has 0 spiro atoms. The number of benzene rings is 1. The lowest BCUT2D eigenvalue weighted by Crippen LogP contribution is -2.42. The zero-order valence-corrected chi connectivity index (χ0v) is 13.1. The summed E-state index contributed by atoms with van der Waals surface area (Å²) in [5.41, 5.74) is 1.48. The van der Waals surface area contributed by atoms with Crippen molar-refractivity contribution in [1.82, 2.24) is 15.1 Å². The Labute approximate surface area is 126 Å². The molecule has 4 nitrogen and oxygen atoms in total. The van der Waals surface area contributed by atoms with Gasteiger partial charge in [-0.3, -0.25) is 9.48 Å². The Morgan fingerprint density at radius 3 is 2.48 bits per heavy atom. The van der Waals surface area contributed by atoms with Gasteiger partial charge in [0.1, 0.15) is 0 Å². The third-order valence-corrected chi connectivity index (χ3v) is 3.99. The molecular weight excluding hydrogens is 262 g/mol. The Balaban J connectivity index is 2.18. The molecule has 0 aliphatic heterocycles. The molecule has 2 aromatic rings. The summed E-state index contributed by atoms with van der Waals surface area (Å²) in [5, 5.41) is 7.33. The van der Waals surface area contributed by atoms with Gasteiger partial charge in [0.25, 0.3) is 0 Å². The highest BCUT2D eigenvalue weighted by Gasteiger charge is 2.31. The van der Waals surface area contributed by atoms with Gasteiger partial charge in [-0.1, -0.05) is 37.3 Å². The lowest BCUT2D eigenvalue weighted by Gasteiger charge is -2.27. The summed E-state index contributed by atoms with van der Waals surface area (Å²) in [7, 11) is 1.90. The van der Waals surface area contributed by atoms with Crippen molar-refractivity contribution >= 4 is 5.91 Å². The van der Waals surface area contributed by atoms with E-state index in [0.29, 0.717) is 0 Å². The van der Waals surface area contributed by atoms with Crippen LogP contribution in [0.2, 0.25) is 0 Å². The summed E-state index contributed by atoms with van der Waals surface area (Å²) in [6.45, 7) is 5.97. The minimum absolute atomic E-state index is 0.0204. The van der Waals surface area contributed by atoms with E-state index < -0.39 is 5.41 Å². The third kappa shape index (κ3) is 3.15. The van der Waals surface area contributed by atoms with Crippen molar-refractivity contribution in [3.8, 4) is 0 Å². The van der Waals surface area contributed by atoms with Crippen molar-refractivity contribution in [2.24, 2.45) is 7.05 Å². The maximum atomic E-state index is 12.7. The normalized spacial score (nSPS) is 13.0. The van der Waals surface area contributed by atoms with E-state index in [1.807, 2.05) is 62.0 Å². The highest BCUT2D eigenvalue weighted by atomic mass is 16.2. The first kappa shape index (κ1) is 15.3. The van der Waals surface area contributed by atoms with Crippen LogP contribution in [0.15, 0.2) is 42.6 Å². The van der Waals surface area contributed by atoms with E-state index in [1.165, 1.54) is 0 Å². The number of carbonyl (C=O) groups excluding carboxylic acids is 1. The fraction of sp³-hybridized carbons (Fsp3) is 0.412. The molecule has 1 aromatic carbocycles. The Bertz CT molecular complexity index is 602. The molecule has 2 rings (SSSR count). The van der Waals surface area contributed by atoms with E-state index in [9.17, 15) is 4.79 Å². The van der Waals surface area contributed by atoms with Crippen molar-refractivity contribution in [2.45, 2.75) is 38.6 Å². The predicted molar refractivity (Wildman–Crippen MR) is 83.9 cm³/mol. The number of aryl methyl sites for hydroxylation is 1. The molecule has 0 radical (unpaired) electrons. The molecule has 1 heterocycles. The Morgan fingerprint density at radius 2 is 1.95 bits per heavy atom. The van der Waals surface area contributed by atoms with E-state index in [-0.39, 0.29) is 11.9 Å². The largest absolute Gasteiger partial charge is 0.347 e. The van der Waals surface area contributed by atoms with Gasteiger partial charge in [0.15, 0.2) is 0 Å². The smallest absolute Gasteiger partial charge is 0.230 e. The van der Waals surface area contributed by atoms with Crippen molar-refractivity contribution in [2.75, 3.05) is 0 Å². The second kappa shape index (κ2) is 6.12. The zero-order chi connectivity index (χ0) is 15.5. The average molecular weight is 285 g/mol. The van der Waals surface area contributed by atoms with Gasteiger partial charge < -0.3 is 5.32 Å². The van der Waals surface area contributed by atoms with E-state index in [2.05, 4.69) is 17.3 Å². The standard InChI is InChI=1S/C17H23N3O/c1-5-14(15-11-12-18-20(15)4)19-16(21)17(2,3)13-9-7-6-8-10-13/h6-12,14H,5H2,1-4H3,(H,19,21)/t14-/m0/s1. The molecule has 0 unspecified atom stereocenters. The monoisotopic (exact) mass is 285 g/mol. The van der Waals surface area contributed by atoms with Crippen molar-refractivity contribution < 1.29 is 4.79 Å². The molecule has 1 N–H and O–H groups in total. The first-order valence-electron chi connectivity index (χ1n) is 7.31. The Kier molecular flexibility index (Phi) is 4.46. The van der Waals surface area contributed by atoms with Crippen LogP contribution in [0, 0.1) is 0 Å². The molecule has 0 saturated heterocycles. The van der Waals surface area contributed by atoms with Crippen LogP contribution in [0.5, 0.6) is 0 Å². The van der Waals surface area contributed by atoms with Crippen LogP contribution in [0.4, 0.5) is 0 Å². The second-order valence-electron chi connectivity index (χ2n) is 5.81. The number of hydrogen-bond acceptors (Lipinski definition) is 2. The van der Waals surface area contributed by atoms with E-state index in [4.69, 9.17) is 0 Å². The second-order valence-corrected chi connectivity index (χ2v) is 5.81. The summed E-state index contributed by atoms with van der Waals surface area (Å²) in [6.07, 6.45) is 2.59. The highest BCUT2D eigenvalue weighted by molar-refractivity contribution is 5.87. The molecule has 0 saturated carbocycles. The fourth-order valence-electron chi connectivity index (χ4n) is 2.44. The van der Waals surface area contributed by atoms with E-state index in [1.54, 1.807) is 6.20 Å². The van der Waals surface area contributed by atoms with Gasteiger partial charge in [0, 0.05) is 13.2 Å². The molecule has 1 atom stereocenters. The van der Waals surface area contributed by atoms with Crippen LogP contribution in [0.1, 0.15) is 44.5 Å². The van der Waals surface area contributed by atoms with Gasteiger partial charge in [-0.2, -0.15) is 5.10 Å². The summed E-state index contributed by atoms with van der Waals surface area (Å²) < 4.78 is 1.81. The quantitative estimate of drug-likeness (QED) is 0.918. The predicted octanol–water partition coefficient (Wildman–Crippen LogP) is 2.97. The van der Waals surface area contributed by atoms with Gasteiger partial charge in [0.05, 0.1) is 17.2 Å². The molecular formula is C17H23N3O. The van der Waals surface area contributed by atoms with Crippen LogP contribution in [-0.2, 0) is 17.3 Å². The topological polar surface area (TPSA) is 46.9 Å². The molecule has 21 heavy (non-hydrogen) atoms. The first-order valence-corrected chi connectivity index (χ1v) is 7.31. The molecule has 0 bridgehead atoms. The third-order valence-electron chi connectivity index (χ3n) is 3.99. The van der Waals surface area contributed by atoms with Crippen molar-refractivity contribution in [3.63, 3.8) is 0 Å². The van der Waals surface area contributed by atoms with E-state index in [0.717, 1.165) is 17.7 Å². The Hall–Kier alpha value is -2.10. The summed E-state index contributed by atoms with van der Waals surface area (Å²) >= 11 is 0.